The second kappa shape index (κ2) is 9.76. The van der Waals surface area contributed by atoms with Crippen LogP contribution in [0.1, 0.15) is 36.2 Å². The van der Waals surface area contributed by atoms with Gasteiger partial charge in [0.15, 0.2) is 0 Å². The Balaban J connectivity index is 1.93. The minimum Gasteiger partial charge on any atom is -0.493 e. The van der Waals surface area contributed by atoms with Gasteiger partial charge in [0, 0.05) is 31.8 Å². The molecular weight excluding hydrogens is 340 g/mol. The molecule has 0 bridgehead atoms. The number of amides is 2. The first-order chi connectivity index (χ1) is 12.8. The first-order valence-corrected chi connectivity index (χ1v) is 9.18. The number of hydrogen-bond acceptors (Lipinski definition) is 3. The van der Waals surface area contributed by atoms with Gasteiger partial charge in [-0.25, -0.2) is 0 Å². The molecule has 2 rings (SSSR count). The lowest BCUT2D eigenvalue weighted by molar-refractivity contribution is -0.128. The first-order valence-electron chi connectivity index (χ1n) is 9.18. The van der Waals surface area contributed by atoms with Gasteiger partial charge in [-0.1, -0.05) is 32.0 Å². The predicted octanol–water partition coefficient (Wildman–Crippen LogP) is 3.99. The third-order valence-electron chi connectivity index (χ3n) is 4.02. The summed E-state index contributed by atoms with van der Waals surface area (Å²) < 4.78 is 5.68. The number of anilines is 1. The molecule has 0 saturated carbocycles. The topological polar surface area (TPSA) is 58.6 Å². The summed E-state index contributed by atoms with van der Waals surface area (Å²) in [7, 11) is 3.51. The third kappa shape index (κ3) is 6.77. The summed E-state index contributed by atoms with van der Waals surface area (Å²) in [5.74, 6) is 1.04. The van der Waals surface area contributed by atoms with E-state index in [1.807, 2.05) is 36.4 Å². The van der Waals surface area contributed by atoms with Gasteiger partial charge in [0.05, 0.1) is 6.61 Å². The van der Waals surface area contributed by atoms with Gasteiger partial charge in [0.1, 0.15) is 5.75 Å². The van der Waals surface area contributed by atoms with Gasteiger partial charge < -0.3 is 15.0 Å². The molecule has 2 amide bonds. The first kappa shape index (κ1) is 20.5. The molecule has 2 aromatic rings. The molecule has 0 unspecified atom stereocenters. The van der Waals surface area contributed by atoms with Crippen molar-refractivity contribution >= 4 is 17.5 Å². The maximum Gasteiger partial charge on any atom is 0.255 e. The van der Waals surface area contributed by atoms with E-state index in [1.54, 1.807) is 31.1 Å². The second-order valence-corrected chi connectivity index (χ2v) is 7.17. The number of nitrogens with one attached hydrogen (secondary N) is 1. The summed E-state index contributed by atoms with van der Waals surface area (Å²) in [6, 6.07) is 14.7. The molecule has 0 aliphatic rings. The van der Waals surface area contributed by atoms with Crippen molar-refractivity contribution in [3.63, 3.8) is 0 Å². The Labute approximate surface area is 161 Å². The fourth-order valence-electron chi connectivity index (χ4n) is 2.42. The minimum atomic E-state index is -0.180. The highest BCUT2D eigenvalue weighted by molar-refractivity contribution is 6.04. The van der Waals surface area contributed by atoms with Crippen LogP contribution in [-0.2, 0) is 11.2 Å². The standard InChI is InChI=1S/C22H28N2O3/c1-16(2)15-27-20-7-5-6-18(14-20)22(26)23-19-11-8-17(9-12-19)10-13-21(25)24(3)4/h5-9,11-12,14,16H,10,13,15H2,1-4H3,(H,23,26). The molecule has 0 aromatic heterocycles. The lowest BCUT2D eigenvalue weighted by Crippen LogP contribution is -2.21. The number of ether oxygens (including phenoxy) is 1. The number of rotatable bonds is 8. The number of aryl methyl sites for hydroxylation is 1. The predicted molar refractivity (Wildman–Crippen MR) is 108 cm³/mol. The van der Waals surface area contributed by atoms with E-state index in [-0.39, 0.29) is 11.8 Å². The molecule has 0 saturated heterocycles. The smallest absolute Gasteiger partial charge is 0.255 e. The summed E-state index contributed by atoms with van der Waals surface area (Å²) in [4.78, 5) is 25.7. The molecule has 27 heavy (non-hydrogen) atoms. The SMILES string of the molecule is CC(C)COc1cccc(C(=O)Nc2ccc(CCC(=O)N(C)C)cc2)c1. The maximum atomic E-state index is 12.5. The van der Waals surface area contributed by atoms with Crippen LogP contribution in [0.3, 0.4) is 0 Å². The molecule has 2 aromatic carbocycles. The van der Waals surface area contributed by atoms with Gasteiger partial charge in [-0.2, -0.15) is 0 Å². The van der Waals surface area contributed by atoms with Crippen molar-refractivity contribution in [3.05, 3.63) is 59.7 Å². The van der Waals surface area contributed by atoms with Gasteiger partial charge in [-0.15, -0.1) is 0 Å². The molecular formula is C22H28N2O3. The van der Waals surface area contributed by atoms with E-state index in [1.165, 1.54) is 0 Å². The van der Waals surface area contributed by atoms with Crippen LogP contribution in [0.5, 0.6) is 5.75 Å². The monoisotopic (exact) mass is 368 g/mol. The van der Waals surface area contributed by atoms with Crippen LogP contribution in [0, 0.1) is 5.92 Å². The summed E-state index contributed by atoms with van der Waals surface area (Å²) in [5, 5.41) is 2.89. The van der Waals surface area contributed by atoms with Crippen LogP contribution in [-0.4, -0.2) is 37.4 Å². The molecule has 0 aliphatic heterocycles. The maximum absolute atomic E-state index is 12.5. The van der Waals surface area contributed by atoms with Crippen molar-refractivity contribution in [1.29, 1.82) is 0 Å². The van der Waals surface area contributed by atoms with Crippen molar-refractivity contribution in [2.24, 2.45) is 5.92 Å². The van der Waals surface area contributed by atoms with Crippen LogP contribution in [0.2, 0.25) is 0 Å². The Morgan fingerprint density at radius 3 is 2.41 bits per heavy atom. The number of carbonyl (C=O) groups is 2. The van der Waals surface area contributed by atoms with Gasteiger partial charge >= 0.3 is 0 Å². The van der Waals surface area contributed by atoms with Crippen molar-refractivity contribution < 1.29 is 14.3 Å². The van der Waals surface area contributed by atoms with Crippen molar-refractivity contribution in [1.82, 2.24) is 4.90 Å². The van der Waals surface area contributed by atoms with E-state index in [9.17, 15) is 9.59 Å². The Kier molecular flexibility index (Phi) is 7.41. The summed E-state index contributed by atoms with van der Waals surface area (Å²) in [5.41, 5.74) is 2.33. The molecule has 0 spiro atoms. The van der Waals surface area contributed by atoms with Gasteiger partial charge in [0.2, 0.25) is 5.91 Å². The van der Waals surface area contributed by atoms with E-state index < -0.39 is 0 Å². The Bertz CT molecular complexity index is 767. The molecule has 0 aliphatic carbocycles. The number of hydrogen-bond donors (Lipinski definition) is 1. The van der Waals surface area contributed by atoms with Gasteiger partial charge in [-0.05, 0) is 48.2 Å². The summed E-state index contributed by atoms with van der Waals surface area (Å²) >= 11 is 0. The van der Waals surface area contributed by atoms with Crippen LogP contribution in [0.15, 0.2) is 48.5 Å². The van der Waals surface area contributed by atoms with Crippen molar-refractivity contribution in [2.75, 3.05) is 26.0 Å². The van der Waals surface area contributed by atoms with Crippen molar-refractivity contribution in [2.45, 2.75) is 26.7 Å². The van der Waals surface area contributed by atoms with Crippen LogP contribution >= 0.6 is 0 Å². The number of nitrogens with zero attached hydrogens (tertiary/aromatic N) is 1. The number of carbonyl (C=O) groups excluding carboxylic acids is 2. The molecule has 5 heteroatoms. The zero-order valence-electron chi connectivity index (χ0n) is 16.5. The molecule has 1 N–H and O–H groups in total. The molecule has 144 valence electrons. The molecule has 0 heterocycles. The highest BCUT2D eigenvalue weighted by atomic mass is 16.5. The molecule has 5 nitrogen and oxygen atoms in total. The van der Waals surface area contributed by atoms with Gasteiger partial charge in [-0.3, -0.25) is 9.59 Å². The lowest BCUT2D eigenvalue weighted by Gasteiger charge is -2.11. The Hall–Kier alpha value is -2.82. The van der Waals surface area contributed by atoms with Gasteiger partial charge in [0.25, 0.3) is 5.91 Å². The molecule has 0 radical (unpaired) electrons. The van der Waals surface area contributed by atoms with Crippen molar-refractivity contribution in [3.8, 4) is 5.75 Å². The average Bonchev–Trinajstić information content (AvgIpc) is 2.65. The highest BCUT2D eigenvalue weighted by Crippen LogP contribution is 2.17. The van der Waals surface area contributed by atoms with E-state index in [2.05, 4.69) is 19.2 Å². The quantitative estimate of drug-likeness (QED) is 0.766. The van der Waals surface area contributed by atoms with Crippen LogP contribution in [0.25, 0.3) is 0 Å². The highest BCUT2D eigenvalue weighted by Gasteiger charge is 2.09. The van der Waals surface area contributed by atoms with E-state index in [4.69, 9.17) is 4.74 Å². The van der Waals surface area contributed by atoms with Crippen LogP contribution in [0.4, 0.5) is 5.69 Å². The zero-order valence-corrected chi connectivity index (χ0v) is 16.5. The fourth-order valence-corrected chi connectivity index (χ4v) is 2.42. The molecule has 0 atom stereocenters. The van der Waals surface area contributed by atoms with E-state index >= 15 is 0 Å². The molecule has 0 fully saturated rings. The summed E-state index contributed by atoms with van der Waals surface area (Å²) in [6.07, 6.45) is 1.16. The number of benzene rings is 2. The Morgan fingerprint density at radius 1 is 1.07 bits per heavy atom. The fraction of sp³-hybridized carbons (Fsp3) is 0.364. The Morgan fingerprint density at radius 2 is 1.78 bits per heavy atom. The summed E-state index contributed by atoms with van der Waals surface area (Å²) in [6.45, 7) is 4.77. The van der Waals surface area contributed by atoms with Crippen LogP contribution < -0.4 is 10.1 Å². The lowest BCUT2D eigenvalue weighted by atomic mass is 10.1. The normalized spacial score (nSPS) is 10.6. The average molecular weight is 368 g/mol. The largest absolute Gasteiger partial charge is 0.493 e. The zero-order chi connectivity index (χ0) is 19.8. The second-order valence-electron chi connectivity index (χ2n) is 7.17. The van der Waals surface area contributed by atoms with E-state index in [0.717, 1.165) is 11.3 Å². The van der Waals surface area contributed by atoms with E-state index in [0.29, 0.717) is 36.7 Å². The third-order valence-corrected chi connectivity index (χ3v) is 4.02. The minimum absolute atomic E-state index is 0.104.